The lowest BCUT2D eigenvalue weighted by Crippen LogP contribution is -2.45. The first-order valence-corrected chi connectivity index (χ1v) is 9.18. The number of aliphatic hydroxyl groups excluding tert-OH is 1. The number of fused-ring (bicyclic) bond motifs is 1. The van der Waals surface area contributed by atoms with Crippen molar-refractivity contribution in [2.45, 2.75) is 20.0 Å². The monoisotopic (exact) mass is 475 g/mol. The van der Waals surface area contributed by atoms with Crippen LogP contribution in [0.4, 0.5) is 0 Å². The number of thiophene rings is 1. The van der Waals surface area contributed by atoms with Crippen LogP contribution in [0.15, 0.2) is 35.3 Å². The summed E-state index contributed by atoms with van der Waals surface area (Å²) in [6.45, 7) is 7.69. The van der Waals surface area contributed by atoms with Gasteiger partial charge in [-0.25, -0.2) is 0 Å². The highest BCUT2D eigenvalue weighted by atomic mass is 127. The summed E-state index contributed by atoms with van der Waals surface area (Å²) in [6, 6.07) is 10.3. The summed E-state index contributed by atoms with van der Waals surface area (Å²) >= 11 is 1.63. The van der Waals surface area contributed by atoms with E-state index in [4.69, 9.17) is 4.74 Å². The molecular weight excluding hydrogens is 449 g/mol. The minimum atomic E-state index is -0.547. The van der Waals surface area contributed by atoms with Crippen molar-refractivity contribution in [2.75, 3.05) is 32.8 Å². The second-order valence-corrected chi connectivity index (χ2v) is 7.70. The Morgan fingerprint density at radius 2 is 2.12 bits per heavy atom. The Balaban J connectivity index is 0.00000225. The zero-order chi connectivity index (χ0) is 17.0. The van der Waals surface area contributed by atoms with E-state index in [9.17, 15) is 5.11 Å². The Hall–Kier alpha value is -0.900. The highest BCUT2D eigenvalue weighted by molar-refractivity contribution is 14.0. The molecular formula is C18H26IN3O2S. The molecule has 0 aliphatic carbocycles. The van der Waals surface area contributed by atoms with E-state index in [-0.39, 0.29) is 29.4 Å². The molecule has 0 spiro atoms. The van der Waals surface area contributed by atoms with Crippen LogP contribution in [0.3, 0.4) is 0 Å². The number of hydrogen-bond acceptors (Lipinski definition) is 4. The van der Waals surface area contributed by atoms with E-state index in [0.29, 0.717) is 6.54 Å². The quantitative estimate of drug-likeness (QED) is 0.341. The molecule has 0 radical (unpaired) electrons. The first kappa shape index (κ1) is 20.4. The summed E-state index contributed by atoms with van der Waals surface area (Å²) < 4.78 is 6.47. The fourth-order valence-electron chi connectivity index (χ4n) is 2.61. The van der Waals surface area contributed by atoms with Crippen LogP contribution >= 0.6 is 35.3 Å². The van der Waals surface area contributed by atoms with Crippen molar-refractivity contribution in [1.82, 2.24) is 10.6 Å². The number of nitrogens with one attached hydrogen (secondary N) is 2. The zero-order valence-corrected chi connectivity index (χ0v) is 17.8. The average molecular weight is 475 g/mol. The van der Waals surface area contributed by atoms with Gasteiger partial charge in [-0.05, 0) is 24.4 Å². The Kier molecular flexibility index (Phi) is 7.48. The fourth-order valence-corrected chi connectivity index (χ4v) is 3.66. The predicted octanol–water partition coefficient (Wildman–Crippen LogP) is 3.14. The first-order chi connectivity index (χ1) is 11.6. The molecule has 1 saturated heterocycles. The van der Waals surface area contributed by atoms with E-state index in [1.807, 2.05) is 19.1 Å². The maximum absolute atomic E-state index is 10.5. The third kappa shape index (κ3) is 5.29. The van der Waals surface area contributed by atoms with Gasteiger partial charge in [0.05, 0.1) is 19.8 Å². The van der Waals surface area contributed by atoms with Gasteiger partial charge in [0.25, 0.3) is 0 Å². The molecule has 3 rings (SSSR count). The van der Waals surface area contributed by atoms with E-state index in [1.54, 1.807) is 11.3 Å². The van der Waals surface area contributed by atoms with Crippen LogP contribution in [-0.2, 0) is 4.74 Å². The van der Waals surface area contributed by atoms with Gasteiger partial charge >= 0.3 is 0 Å². The molecule has 1 aromatic carbocycles. The van der Waals surface area contributed by atoms with Gasteiger partial charge in [0, 0.05) is 28.1 Å². The number of benzene rings is 1. The van der Waals surface area contributed by atoms with Crippen LogP contribution in [0.25, 0.3) is 10.1 Å². The molecule has 0 amide bonds. The number of hydrogen-bond donors (Lipinski definition) is 3. The molecule has 2 aromatic rings. The molecule has 2 heterocycles. The van der Waals surface area contributed by atoms with Gasteiger partial charge in [0.15, 0.2) is 5.96 Å². The third-order valence-corrected chi connectivity index (χ3v) is 5.32. The van der Waals surface area contributed by atoms with Gasteiger partial charge in [0.1, 0.15) is 6.10 Å². The van der Waals surface area contributed by atoms with E-state index < -0.39 is 6.10 Å². The van der Waals surface area contributed by atoms with Crippen molar-refractivity contribution in [1.29, 1.82) is 0 Å². The van der Waals surface area contributed by atoms with Crippen molar-refractivity contribution in [3.8, 4) is 0 Å². The highest BCUT2D eigenvalue weighted by Crippen LogP contribution is 2.29. The molecule has 3 N–H and O–H groups in total. The van der Waals surface area contributed by atoms with Crippen molar-refractivity contribution >= 4 is 51.4 Å². The SMILES string of the molecule is CCNC(=NCC1(C)COC1)NCC(O)c1cc2ccccc2s1.I. The Labute approximate surface area is 169 Å². The smallest absolute Gasteiger partial charge is 0.191 e. The van der Waals surface area contributed by atoms with Crippen LogP contribution in [0.1, 0.15) is 24.8 Å². The van der Waals surface area contributed by atoms with E-state index in [0.717, 1.165) is 37.1 Å². The van der Waals surface area contributed by atoms with Crippen LogP contribution in [0.5, 0.6) is 0 Å². The Bertz CT molecular complexity index is 682. The summed E-state index contributed by atoms with van der Waals surface area (Å²) in [5.41, 5.74) is 0.145. The lowest BCUT2D eigenvalue weighted by atomic mass is 9.89. The van der Waals surface area contributed by atoms with Gasteiger partial charge < -0.3 is 20.5 Å². The second kappa shape index (κ2) is 9.16. The standard InChI is InChI=1S/C18H25N3O2S.HI/c1-3-19-17(21-10-18(2)11-23-12-18)20-9-14(22)16-8-13-6-4-5-7-15(13)24-16;/h4-8,14,22H,3,9-12H2,1-2H3,(H2,19,20,21);1H. The van der Waals surface area contributed by atoms with Crippen LogP contribution in [0.2, 0.25) is 0 Å². The molecule has 1 atom stereocenters. The third-order valence-electron chi connectivity index (χ3n) is 4.10. The average Bonchev–Trinajstić information content (AvgIpc) is 2.99. The fraction of sp³-hybridized carbons (Fsp3) is 0.500. The van der Waals surface area contributed by atoms with Gasteiger partial charge in [-0.3, -0.25) is 4.99 Å². The van der Waals surface area contributed by atoms with Crippen molar-refractivity contribution in [3.05, 3.63) is 35.2 Å². The summed E-state index contributed by atoms with van der Waals surface area (Å²) in [7, 11) is 0. The van der Waals surface area contributed by atoms with Crippen molar-refractivity contribution in [2.24, 2.45) is 10.4 Å². The molecule has 1 aromatic heterocycles. The largest absolute Gasteiger partial charge is 0.386 e. The summed E-state index contributed by atoms with van der Waals surface area (Å²) in [5.74, 6) is 0.741. The lowest BCUT2D eigenvalue weighted by Gasteiger charge is -2.36. The maximum Gasteiger partial charge on any atom is 0.191 e. The number of aliphatic hydroxyl groups is 1. The maximum atomic E-state index is 10.5. The Morgan fingerprint density at radius 1 is 1.36 bits per heavy atom. The second-order valence-electron chi connectivity index (χ2n) is 6.58. The molecule has 0 saturated carbocycles. The van der Waals surface area contributed by atoms with Gasteiger partial charge in [-0.1, -0.05) is 25.1 Å². The first-order valence-electron chi connectivity index (χ1n) is 8.36. The molecule has 1 aliphatic rings. The van der Waals surface area contributed by atoms with E-state index >= 15 is 0 Å². The van der Waals surface area contributed by atoms with Gasteiger partial charge in [0.2, 0.25) is 0 Å². The summed E-state index contributed by atoms with van der Waals surface area (Å²) in [6.07, 6.45) is -0.547. The lowest BCUT2D eigenvalue weighted by molar-refractivity contribution is -0.0945. The molecule has 25 heavy (non-hydrogen) atoms. The topological polar surface area (TPSA) is 65.9 Å². The van der Waals surface area contributed by atoms with Crippen LogP contribution < -0.4 is 10.6 Å². The molecule has 5 nitrogen and oxygen atoms in total. The number of aliphatic imine (C=N–C) groups is 1. The number of nitrogens with zero attached hydrogens (tertiary/aromatic N) is 1. The molecule has 7 heteroatoms. The molecule has 0 bridgehead atoms. The number of halogens is 1. The summed E-state index contributed by atoms with van der Waals surface area (Å²) in [5, 5.41) is 18.1. The number of rotatable bonds is 6. The minimum Gasteiger partial charge on any atom is -0.386 e. The molecule has 1 unspecified atom stereocenters. The summed E-state index contributed by atoms with van der Waals surface area (Å²) in [4.78, 5) is 5.59. The minimum absolute atomic E-state index is 0. The molecule has 1 aliphatic heterocycles. The molecule has 138 valence electrons. The van der Waals surface area contributed by atoms with Gasteiger partial charge in [-0.2, -0.15) is 0 Å². The zero-order valence-electron chi connectivity index (χ0n) is 14.6. The van der Waals surface area contributed by atoms with Crippen molar-refractivity contribution in [3.63, 3.8) is 0 Å². The molecule has 1 fully saturated rings. The van der Waals surface area contributed by atoms with Crippen molar-refractivity contribution < 1.29 is 9.84 Å². The normalized spacial score (nSPS) is 17.5. The Morgan fingerprint density at radius 3 is 2.76 bits per heavy atom. The number of guanidine groups is 1. The predicted molar refractivity (Wildman–Crippen MR) is 115 cm³/mol. The highest BCUT2D eigenvalue weighted by Gasteiger charge is 2.33. The van der Waals surface area contributed by atoms with E-state index in [1.165, 1.54) is 10.1 Å². The van der Waals surface area contributed by atoms with Gasteiger partial charge in [-0.15, -0.1) is 35.3 Å². The van der Waals surface area contributed by atoms with Crippen LogP contribution in [0, 0.1) is 5.41 Å². The van der Waals surface area contributed by atoms with Crippen LogP contribution in [-0.4, -0.2) is 43.9 Å². The number of ether oxygens (including phenoxy) is 1. The van der Waals surface area contributed by atoms with E-state index in [2.05, 4.69) is 40.7 Å².